The van der Waals surface area contributed by atoms with Crippen LogP contribution < -0.4 is 14.8 Å². The Labute approximate surface area is 114 Å². The smallest absolute Gasteiger partial charge is 0.251 e. The number of hydrogen-bond acceptors (Lipinski definition) is 3. The van der Waals surface area contributed by atoms with Crippen LogP contribution in [0.2, 0.25) is 0 Å². The first kappa shape index (κ1) is 13.7. The second kappa shape index (κ2) is 6.45. The third kappa shape index (κ3) is 3.63. The maximum atomic E-state index is 12.1. The number of carbonyl (C=O) groups is 1. The largest absolute Gasteiger partial charge is 0.454 e. The molecule has 104 valence electrons. The van der Waals surface area contributed by atoms with Crippen molar-refractivity contribution in [3.63, 3.8) is 0 Å². The van der Waals surface area contributed by atoms with Crippen molar-refractivity contribution in [2.45, 2.75) is 45.6 Å². The Hall–Kier alpha value is -1.71. The summed E-state index contributed by atoms with van der Waals surface area (Å²) in [5.74, 6) is 1.29. The van der Waals surface area contributed by atoms with E-state index >= 15 is 0 Å². The zero-order valence-electron chi connectivity index (χ0n) is 11.6. The number of fused-ring (bicyclic) bond motifs is 1. The second-order valence-corrected chi connectivity index (χ2v) is 4.94. The molecular formula is C15H21NO3. The molecule has 0 aliphatic carbocycles. The average molecular weight is 263 g/mol. The van der Waals surface area contributed by atoms with Crippen LogP contribution in [0.1, 0.15) is 49.9 Å². The number of amides is 1. The summed E-state index contributed by atoms with van der Waals surface area (Å²) in [4.78, 5) is 12.1. The molecule has 0 fully saturated rings. The van der Waals surface area contributed by atoms with E-state index in [1.807, 2.05) is 6.92 Å². The topological polar surface area (TPSA) is 47.6 Å². The van der Waals surface area contributed by atoms with Crippen molar-refractivity contribution >= 4 is 5.91 Å². The van der Waals surface area contributed by atoms with Crippen LogP contribution in [0.25, 0.3) is 0 Å². The molecule has 1 aliphatic heterocycles. The molecule has 0 saturated carbocycles. The van der Waals surface area contributed by atoms with E-state index in [4.69, 9.17) is 9.47 Å². The van der Waals surface area contributed by atoms with Gasteiger partial charge in [0, 0.05) is 11.6 Å². The predicted molar refractivity (Wildman–Crippen MR) is 73.6 cm³/mol. The molecule has 1 amide bonds. The van der Waals surface area contributed by atoms with Gasteiger partial charge >= 0.3 is 0 Å². The van der Waals surface area contributed by atoms with Crippen LogP contribution in [-0.2, 0) is 0 Å². The third-order valence-corrected chi connectivity index (χ3v) is 3.25. The van der Waals surface area contributed by atoms with Gasteiger partial charge in [0.05, 0.1) is 0 Å². The van der Waals surface area contributed by atoms with Gasteiger partial charge in [0.1, 0.15) is 0 Å². The van der Waals surface area contributed by atoms with E-state index in [1.165, 1.54) is 12.8 Å². The lowest BCUT2D eigenvalue weighted by atomic mass is 10.1. The quantitative estimate of drug-likeness (QED) is 0.802. The Bertz CT molecular complexity index is 445. The van der Waals surface area contributed by atoms with Crippen LogP contribution in [0, 0.1) is 0 Å². The molecular weight excluding hydrogens is 242 g/mol. The highest BCUT2D eigenvalue weighted by Crippen LogP contribution is 2.32. The first-order valence-corrected chi connectivity index (χ1v) is 6.91. The maximum Gasteiger partial charge on any atom is 0.251 e. The van der Waals surface area contributed by atoms with Crippen molar-refractivity contribution in [1.29, 1.82) is 0 Å². The lowest BCUT2D eigenvalue weighted by Gasteiger charge is -2.13. The number of benzene rings is 1. The van der Waals surface area contributed by atoms with Crippen LogP contribution >= 0.6 is 0 Å². The van der Waals surface area contributed by atoms with E-state index in [-0.39, 0.29) is 18.7 Å². The summed E-state index contributed by atoms with van der Waals surface area (Å²) in [5.41, 5.74) is 0.617. The Balaban J connectivity index is 1.89. The van der Waals surface area contributed by atoms with Gasteiger partial charge in [-0.25, -0.2) is 0 Å². The van der Waals surface area contributed by atoms with Gasteiger partial charge < -0.3 is 14.8 Å². The van der Waals surface area contributed by atoms with Crippen molar-refractivity contribution in [2.24, 2.45) is 0 Å². The van der Waals surface area contributed by atoms with Crippen LogP contribution in [-0.4, -0.2) is 18.7 Å². The van der Waals surface area contributed by atoms with Crippen molar-refractivity contribution < 1.29 is 14.3 Å². The molecule has 0 bridgehead atoms. The Morgan fingerprint density at radius 2 is 2.11 bits per heavy atom. The molecule has 4 heteroatoms. The molecule has 0 saturated heterocycles. The van der Waals surface area contributed by atoms with Crippen LogP contribution in [0.15, 0.2) is 18.2 Å². The molecule has 1 heterocycles. The van der Waals surface area contributed by atoms with Gasteiger partial charge in [-0.2, -0.15) is 0 Å². The van der Waals surface area contributed by atoms with Gasteiger partial charge in [-0.1, -0.05) is 26.2 Å². The van der Waals surface area contributed by atoms with Crippen molar-refractivity contribution in [3.8, 4) is 11.5 Å². The summed E-state index contributed by atoms with van der Waals surface area (Å²) < 4.78 is 10.5. The van der Waals surface area contributed by atoms with Gasteiger partial charge in [0.15, 0.2) is 11.5 Å². The van der Waals surface area contributed by atoms with Crippen molar-refractivity contribution in [1.82, 2.24) is 5.32 Å². The van der Waals surface area contributed by atoms with Crippen LogP contribution in [0.4, 0.5) is 0 Å². The van der Waals surface area contributed by atoms with E-state index in [2.05, 4.69) is 12.2 Å². The molecule has 1 aromatic rings. The number of nitrogens with one attached hydrogen (secondary N) is 1. The molecule has 4 nitrogen and oxygen atoms in total. The number of carbonyl (C=O) groups excluding carboxylic acids is 1. The fourth-order valence-electron chi connectivity index (χ4n) is 2.12. The van der Waals surface area contributed by atoms with Crippen LogP contribution in [0.5, 0.6) is 11.5 Å². The molecule has 1 aromatic carbocycles. The number of ether oxygens (including phenoxy) is 2. The predicted octanol–water partition coefficient (Wildman–Crippen LogP) is 3.11. The van der Waals surface area contributed by atoms with E-state index in [0.29, 0.717) is 17.1 Å². The second-order valence-electron chi connectivity index (χ2n) is 4.94. The van der Waals surface area contributed by atoms with E-state index in [9.17, 15) is 4.79 Å². The fraction of sp³-hybridized carbons (Fsp3) is 0.533. The molecule has 1 unspecified atom stereocenters. The lowest BCUT2D eigenvalue weighted by Crippen LogP contribution is -2.32. The summed E-state index contributed by atoms with van der Waals surface area (Å²) in [5, 5.41) is 3.01. The zero-order chi connectivity index (χ0) is 13.7. The highest BCUT2D eigenvalue weighted by atomic mass is 16.7. The minimum Gasteiger partial charge on any atom is -0.454 e. The summed E-state index contributed by atoms with van der Waals surface area (Å²) in [7, 11) is 0. The van der Waals surface area contributed by atoms with Crippen LogP contribution in [0.3, 0.4) is 0 Å². The molecule has 1 aliphatic rings. The molecule has 0 radical (unpaired) electrons. The normalized spacial score (nSPS) is 14.2. The van der Waals surface area contributed by atoms with Gasteiger partial charge in [0.25, 0.3) is 5.91 Å². The molecule has 1 atom stereocenters. The van der Waals surface area contributed by atoms with Crippen molar-refractivity contribution in [2.75, 3.05) is 6.79 Å². The average Bonchev–Trinajstić information content (AvgIpc) is 2.86. The summed E-state index contributed by atoms with van der Waals surface area (Å²) in [6.07, 6.45) is 4.58. The maximum absolute atomic E-state index is 12.1. The number of rotatable bonds is 6. The Morgan fingerprint density at radius 1 is 1.32 bits per heavy atom. The van der Waals surface area contributed by atoms with E-state index in [1.54, 1.807) is 18.2 Å². The fourth-order valence-corrected chi connectivity index (χ4v) is 2.12. The Kier molecular flexibility index (Phi) is 4.66. The molecule has 2 rings (SSSR count). The molecule has 0 spiro atoms. The summed E-state index contributed by atoms with van der Waals surface area (Å²) in [6, 6.07) is 5.47. The highest BCUT2D eigenvalue weighted by molar-refractivity contribution is 5.95. The standard InChI is InChI=1S/C15H21NO3/c1-3-4-5-6-11(2)16-15(17)12-7-8-13-14(9-12)19-10-18-13/h7-9,11H,3-6,10H2,1-2H3,(H,16,17). The summed E-state index contributed by atoms with van der Waals surface area (Å²) >= 11 is 0. The first-order chi connectivity index (χ1) is 9.20. The monoisotopic (exact) mass is 263 g/mol. The van der Waals surface area contributed by atoms with E-state index in [0.717, 1.165) is 12.8 Å². The van der Waals surface area contributed by atoms with E-state index < -0.39 is 0 Å². The minimum atomic E-state index is -0.0534. The minimum absolute atomic E-state index is 0.0534. The van der Waals surface area contributed by atoms with Gasteiger partial charge in [-0.15, -0.1) is 0 Å². The number of hydrogen-bond donors (Lipinski definition) is 1. The molecule has 1 N–H and O–H groups in total. The van der Waals surface area contributed by atoms with Gasteiger partial charge in [-0.05, 0) is 31.5 Å². The first-order valence-electron chi connectivity index (χ1n) is 6.91. The highest BCUT2D eigenvalue weighted by Gasteiger charge is 2.16. The molecule has 0 aromatic heterocycles. The van der Waals surface area contributed by atoms with Gasteiger partial charge in [0.2, 0.25) is 6.79 Å². The Morgan fingerprint density at radius 3 is 2.89 bits per heavy atom. The SMILES string of the molecule is CCCCCC(C)NC(=O)c1ccc2c(c1)OCO2. The third-order valence-electron chi connectivity index (χ3n) is 3.25. The van der Waals surface area contributed by atoms with Gasteiger partial charge in [-0.3, -0.25) is 4.79 Å². The number of unbranched alkanes of at least 4 members (excludes halogenated alkanes) is 2. The zero-order valence-corrected chi connectivity index (χ0v) is 11.6. The van der Waals surface area contributed by atoms with Crippen molar-refractivity contribution in [3.05, 3.63) is 23.8 Å². The summed E-state index contributed by atoms with van der Waals surface area (Å²) in [6.45, 7) is 4.45. The lowest BCUT2D eigenvalue weighted by molar-refractivity contribution is 0.0937. The molecule has 19 heavy (non-hydrogen) atoms.